The molecule has 1 aliphatic carbocycles. The predicted octanol–water partition coefficient (Wildman–Crippen LogP) is 3.34. The molecule has 0 aliphatic heterocycles. The van der Waals surface area contributed by atoms with Crippen LogP contribution in [0.15, 0.2) is 16.8 Å². The number of H-pyrrole nitrogens is 1. The Morgan fingerprint density at radius 1 is 1.55 bits per heavy atom. The molecule has 0 radical (unpaired) electrons. The molecule has 2 heterocycles. The Bertz CT molecular complexity index is 601. The number of rotatable bonds is 3. The van der Waals surface area contributed by atoms with Gasteiger partial charge in [0, 0.05) is 29.3 Å². The summed E-state index contributed by atoms with van der Waals surface area (Å²) in [6, 6.07) is 1.93. The minimum Gasteiger partial charge on any atom is -0.345 e. The number of imidazole rings is 1. The van der Waals surface area contributed by atoms with Gasteiger partial charge in [0.05, 0.1) is 11.4 Å². The number of aromatic amines is 1. The zero-order valence-electron chi connectivity index (χ0n) is 11.8. The van der Waals surface area contributed by atoms with E-state index in [4.69, 9.17) is 0 Å². The molecular formula is C15H19N3OS. The molecule has 0 fully saturated rings. The molecule has 4 nitrogen and oxygen atoms in total. The highest BCUT2D eigenvalue weighted by Gasteiger charge is 2.27. The molecule has 2 N–H and O–H groups in total. The van der Waals surface area contributed by atoms with Gasteiger partial charge in [-0.2, -0.15) is 11.3 Å². The van der Waals surface area contributed by atoms with Crippen LogP contribution in [0, 0.1) is 5.92 Å². The van der Waals surface area contributed by atoms with Gasteiger partial charge in [-0.05, 0) is 24.3 Å². The van der Waals surface area contributed by atoms with Gasteiger partial charge in [0.1, 0.15) is 5.82 Å². The van der Waals surface area contributed by atoms with E-state index in [1.807, 2.05) is 16.8 Å². The summed E-state index contributed by atoms with van der Waals surface area (Å²) in [7, 11) is 0. The van der Waals surface area contributed by atoms with Crippen LogP contribution in [-0.4, -0.2) is 15.9 Å². The van der Waals surface area contributed by atoms with Crippen LogP contribution >= 0.6 is 11.3 Å². The molecular weight excluding hydrogens is 270 g/mol. The van der Waals surface area contributed by atoms with E-state index < -0.39 is 0 Å². The van der Waals surface area contributed by atoms with Crippen LogP contribution in [0.5, 0.6) is 0 Å². The van der Waals surface area contributed by atoms with Crippen molar-refractivity contribution in [1.82, 2.24) is 9.97 Å². The number of thiophene rings is 1. The lowest BCUT2D eigenvalue weighted by atomic mass is 9.89. The third kappa shape index (κ3) is 2.63. The van der Waals surface area contributed by atoms with Gasteiger partial charge >= 0.3 is 0 Å². The van der Waals surface area contributed by atoms with E-state index in [9.17, 15) is 4.79 Å². The van der Waals surface area contributed by atoms with Gasteiger partial charge in [-0.25, -0.2) is 4.98 Å². The van der Waals surface area contributed by atoms with Crippen LogP contribution in [-0.2, 0) is 17.6 Å². The molecule has 2 aromatic rings. The van der Waals surface area contributed by atoms with Crippen LogP contribution in [0.25, 0.3) is 0 Å². The van der Waals surface area contributed by atoms with Gasteiger partial charge in [-0.3, -0.25) is 4.79 Å². The second-order valence-electron chi connectivity index (χ2n) is 5.64. The van der Waals surface area contributed by atoms with E-state index in [1.165, 1.54) is 0 Å². The number of carbonyl (C=O) groups is 1. The summed E-state index contributed by atoms with van der Waals surface area (Å²) in [6.07, 6.45) is 2.54. The maximum Gasteiger partial charge on any atom is 0.227 e. The Labute approximate surface area is 122 Å². The van der Waals surface area contributed by atoms with E-state index in [0.29, 0.717) is 5.92 Å². The maximum atomic E-state index is 12.3. The predicted molar refractivity (Wildman–Crippen MR) is 81.1 cm³/mol. The standard InChI is InChI=1S/C15H19N3OS/c1-9(2)14-17-12-4-3-10(7-13(12)18-14)15(19)16-11-5-6-20-8-11/h5-6,8-10H,3-4,7H2,1-2H3,(H,16,19)(H,17,18)/t10-/m1/s1. The summed E-state index contributed by atoms with van der Waals surface area (Å²) in [4.78, 5) is 20.3. The number of nitrogens with zero attached hydrogens (tertiary/aromatic N) is 1. The lowest BCUT2D eigenvalue weighted by Gasteiger charge is -2.20. The minimum absolute atomic E-state index is 0.0443. The Balaban J connectivity index is 1.70. The molecule has 0 unspecified atom stereocenters. The summed E-state index contributed by atoms with van der Waals surface area (Å²) < 4.78 is 0. The van der Waals surface area contributed by atoms with Gasteiger partial charge in [0.2, 0.25) is 5.91 Å². The van der Waals surface area contributed by atoms with Gasteiger partial charge in [-0.1, -0.05) is 13.8 Å². The summed E-state index contributed by atoms with van der Waals surface area (Å²) in [5.41, 5.74) is 3.19. The van der Waals surface area contributed by atoms with E-state index in [2.05, 4.69) is 29.1 Å². The summed E-state index contributed by atoms with van der Waals surface area (Å²) >= 11 is 1.59. The highest BCUT2D eigenvalue weighted by atomic mass is 32.1. The van der Waals surface area contributed by atoms with Crippen molar-refractivity contribution in [3.8, 4) is 0 Å². The number of anilines is 1. The van der Waals surface area contributed by atoms with Crippen LogP contribution in [0.3, 0.4) is 0 Å². The van der Waals surface area contributed by atoms with Crippen molar-refractivity contribution in [3.05, 3.63) is 34.0 Å². The molecule has 1 atom stereocenters. The molecule has 0 saturated heterocycles. The largest absolute Gasteiger partial charge is 0.345 e. The van der Waals surface area contributed by atoms with Crippen molar-refractivity contribution in [1.29, 1.82) is 0 Å². The van der Waals surface area contributed by atoms with Crippen molar-refractivity contribution in [3.63, 3.8) is 0 Å². The summed E-state index contributed by atoms with van der Waals surface area (Å²) in [5, 5.41) is 6.92. The van der Waals surface area contributed by atoms with Crippen molar-refractivity contribution >= 4 is 22.9 Å². The lowest BCUT2D eigenvalue weighted by Crippen LogP contribution is -2.28. The minimum atomic E-state index is 0.0443. The second-order valence-corrected chi connectivity index (χ2v) is 6.42. The van der Waals surface area contributed by atoms with Crippen LogP contribution < -0.4 is 5.32 Å². The Kier molecular flexibility index (Phi) is 3.61. The molecule has 0 spiro atoms. The van der Waals surface area contributed by atoms with Crippen molar-refractivity contribution in [2.24, 2.45) is 5.92 Å². The molecule has 3 rings (SSSR count). The SMILES string of the molecule is CC(C)c1nc2c([nH]1)C[C@H](C(=O)Nc1ccsc1)CC2. The van der Waals surface area contributed by atoms with Crippen LogP contribution in [0.4, 0.5) is 5.69 Å². The molecule has 20 heavy (non-hydrogen) atoms. The first-order valence-electron chi connectivity index (χ1n) is 7.04. The number of hydrogen-bond acceptors (Lipinski definition) is 3. The normalized spacial score (nSPS) is 18.1. The van der Waals surface area contributed by atoms with Crippen LogP contribution in [0.2, 0.25) is 0 Å². The average Bonchev–Trinajstić information content (AvgIpc) is 3.05. The number of aromatic nitrogens is 2. The second kappa shape index (κ2) is 5.40. The smallest absolute Gasteiger partial charge is 0.227 e. The Hall–Kier alpha value is -1.62. The molecule has 0 bridgehead atoms. The van der Waals surface area contributed by atoms with E-state index in [-0.39, 0.29) is 11.8 Å². The number of nitrogens with one attached hydrogen (secondary N) is 2. The average molecular weight is 289 g/mol. The van der Waals surface area contributed by atoms with Gasteiger partial charge in [0.25, 0.3) is 0 Å². The third-order valence-electron chi connectivity index (χ3n) is 3.77. The topological polar surface area (TPSA) is 57.8 Å². The lowest BCUT2D eigenvalue weighted by molar-refractivity contribution is -0.120. The highest BCUT2D eigenvalue weighted by molar-refractivity contribution is 7.08. The van der Waals surface area contributed by atoms with E-state index >= 15 is 0 Å². The highest BCUT2D eigenvalue weighted by Crippen LogP contribution is 2.27. The van der Waals surface area contributed by atoms with Crippen molar-refractivity contribution < 1.29 is 4.79 Å². The van der Waals surface area contributed by atoms with E-state index in [1.54, 1.807) is 11.3 Å². The maximum absolute atomic E-state index is 12.3. The molecule has 5 heteroatoms. The number of hydrogen-bond donors (Lipinski definition) is 2. The first-order chi connectivity index (χ1) is 9.63. The molecule has 0 aromatic carbocycles. The molecule has 0 saturated carbocycles. The first-order valence-corrected chi connectivity index (χ1v) is 7.98. The first kappa shape index (κ1) is 13.4. The summed E-state index contributed by atoms with van der Waals surface area (Å²) in [5.74, 6) is 1.60. The van der Waals surface area contributed by atoms with Gasteiger partial charge in [-0.15, -0.1) is 0 Å². The number of fused-ring (bicyclic) bond motifs is 1. The molecule has 106 valence electrons. The molecule has 2 aromatic heterocycles. The monoisotopic (exact) mass is 289 g/mol. The fourth-order valence-electron chi connectivity index (χ4n) is 2.58. The molecule has 1 aliphatic rings. The Morgan fingerprint density at radius 2 is 2.40 bits per heavy atom. The third-order valence-corrected chi connectivity index (χ3v) is 4.45. The number of carbonyl (C=O) groups excluding carboxylic acids is 1. The quantitative estimate of drug-likeness (QED) is 0.910. The molecule has 1 amide bonds. The van der Waals surface area contributed by atoms with Crippen molar-refractivity contribution in [2.45, 2.75) is 39.0 Å². The van der Waals surface area contributed by atoms with Crippen LogP contribution in [0.1, 0.15) is 43.4 Å². The van der Waals surface area contributed by atoms with Gasteiger partial charge in [0.15, 0.2) is 0 Å². The van der Waals surface area contributed by atoms with E-state index in [0.717, 1.165) is 42.2 Å². The fraction of sp³-hybridized carbons (Fsp3) is 0.467. The fourth-order valence-corrected chi connectivity index (χ4v) is 3.17. The Morgan fingerprint density at radius 3 is 3.10 bits per heavy atom. The van der Waals surface area contributed by atoms with Gasteiger partial charge < -0.3 is 10.3 Å². The zero-order chi connectivity index (χ0) is 14.1. The number of aryl methyl sites for hydroxylation is 1. The zero-order valence-corrected chi connectivity index (χ0v) is 12.6. The van der Waals surface area contributed by atoms with Crippen molar-refractivity contribution in [2.75, 3.05) is 5.32 Å². The number of amides is 1. The summed E-state index contributed by atoms with van der Waals surface area (Å²) in [6.45, 7) is 4.26.